The van der Waals surface area contributed by atoms with Crippen LogP contribution in [0.5, 0.6) is 0 Å². The standard InChI is InChI=1S/C12H16N2O7S/c15-9(5-2-1-3-13-5)14-12(11(18)19)4-22(20,21)8-6(7(8)12)10(16)17/h5-8,13H,1-4H2,(H,14,15)(H,16,17)(H,18,19)/t5-,6+,7+,8-,12-/m0/s1. The maximum Gasteiger partial charge on any atom is 0.330 e. The number of sulfone groups is 1. The number of fused-ring (bicyclic) bond motifs is 1. The summed E-state index contributed by atoms with van der Waals surface area (Å²) in [5.74, 6) is -6.58. The molecule has 122 valence electrons. The average molecular weight is 332 g/mol. The van der Waals surface area contributed by atoms with Crippen molar-refractivity contribution in [3.63, 3.8) is 0 Å². The molecule has 4 N–H and O–H groups in total. The molecule has 1 amide bonds. The van der Waals surface area contributed by atoms with Crippen LogP contribution >= 0.6 is 0 Å². The number of amides is 1. The van der Waals surface area contributed by atoms with Crippen molar-refractivity contribution in [2.24, 2.45) is 11.8 Å². The Labute approximate surface area is 126 Å². The highest BCUT2D eigenvalue weighted by molar-refractivity contribution is 7.92. The molecule has 0 bridgehead atoms. The van der Waals surface area contributed by atoms with E-state index in [4.69, 9.17) is 5.11 Å². The summed E-state index contributed by atoms with van der Waals surface area (Å²) >= 11 is 0. The van der Waals surface area contributed by atoms with Crippen LogP contribution in [0.4, 0.5) is 0 Å². The molecule has 2 saturated heterocycles. The number of rotatable bonds is 4. The van der Waals surface area contributed by atoms with Crippen LogP contribution in [0.3, 0.4) is 0 Å². The van der Waals surface area contributed by atoms with E-state index in [1.54, 1.807) is 0 Å². The first-order valence-corrected chi connectivity index (χ1v) is 8.65. The van der Waals surface area contributed by atoms with Gasteiger partial charge in [-0.2, -0.15) is 0 Å². The van der Waals surface area contributed by atoms with Crippen LogP contribution in [0.25, 0.3) is 0 Å². The van der Waals surface area contributed by atoms with Crippen molar-refractivity contribution in [3.05, 3.63) is 0 Å². The fraction of sp³-hybridized carbons (Fsp3) is 0.750. The Balaban J connectivity index is 1.91. The molecule has 5 atom stereocenters. The zero-order valence-electron chi connectivity index (χ0n) is 11.5. The van der Waals surface area contributed by atoms with E-state index in [2.05, 4.69) is 10.6 Å². The van der Waals surface area contributed by atoms with Gasteiger partial charge in [0.15, 0.2) is 15.4 Å². The molecule has 0 aromatic carbocycles. The number of carboxylic acids is 2. The fourth-order valence-electron chi connectivity index (χ4n) is 3.71. The topological polar surface area (TPSA) is 150 Å². The Bertz CT molecular complexity index is 654. The zero-order valence-corrected chi connectivity index (χ0v) is 12.3. The van der Waals surface area contributed by atoms with Gasteiger partial charge in [-0.05, 0) is 19.4 Å². The molecule has 22 heavy (non-hydrogen) atoms. The largest absolute Gasteiger partial charge is 0.481 e. The van der Waals surface area contributed by atoms with Crippen LogP contribution in [-0.4, -0.2) is 65.6 Å². The lowest BCUT2D eigenvalue weighted by molar-refractivity contribution is -0.148. The third-order valence-electron chi connectivity index (χ3n) is 4.76. The highest BCUT2D eigenvalue weighted by atomic mass is 32.2. The Kier molecular flexibility index (Phi) is 3.22. The summed E-state index contributed by atoms with van der Waals surface area (Å²) in [6, 6.07) is -0.569. The minimum Gasteiger partial charge on any atom is -0.481 e. The Morgan fingerprint density at radius 1 is 1.23 bits per heavy atom. The zero-order chi connectivity index (χ0) is 16.3. The number of hydrogen-bond acceptors (Lipinski definition) is 6. The normalized spacial score (nSPS) is 41.6. The van der Waals surface area contributed by atoms with Gasteiger partial charge in [-0.15, -0.1) is 0 Å². The lowest BCUT2D eigenvalue weighted by Gasteiger charge is -2.28. The number of nitrogens with one attached hydrogen (secondary N) is 2. The second kappa shape index (κ2) is 4.66. The van der Waals surface area contributed by atoms with Gasteiger partial charge in [0, 0.05) is 5.92 Å². The van der Waals surface area contributed by atoms with E-state index in [1.165, 1.54) is 0 Å². The third-order valence-corrected chi connectivity index (χ3v) is 7.03. The van der Waals surface area contributed by atoms with Crippen molar-refractivity contribution in [1.82, 2.24) is 10.6 Å². The van der Waals surface area contributed by atoms with Gasteiger partial charge in [0.25, 0.3) is 0 Å². The van der Waals surface area contributed by atoms with E-state index in [1.807, 2.05) is 0 Å². The van der Waals surface area contributed by atoms with Crippen molar-refractivity contribution in [2.75, 3.05) is 12.3 Å². The molecular weight excluding hydrogens is 316 g/mol. The first-order chi connectivity index (χ1) is 10.2. The van der Waals surface area contributed by atoms with Gasteiger partial charge in [0.1, 0.15) is 0 Å². The van der Waals surface area contributed by atoms with Gasteiger partial charge in [0.05, 0.1) is 23.0 Å². The summed E-state index contributed by atoms with van der Waals surface area (Å²) in [4.78, 5) is 35.0. The molecular formula is C12H16N2O7S. The van der Waals surface area contributed by atoms with Gasteiger partial charge in [-0.3, -0.25) is 9.59 Å². The van der Waals surface area contributed by atoms with Crippen LogP contribution < -0.4 is 10.6 Å². The Morgan fingerprint density at radius 3 is 2.36 bits per heavy atom. The molecule has 0 aromatic heterocycles. The predicted octanol–water partition coefficient (Wildman–Crippen LogP) is -2.19. The van der Waals surface area contributed by atoms with Crippen LogP contribution in [-0.2, 0) is 24.2 Å². The molecule has 0 spiro atoms. The summed E-state index contributed by atoms with van der Waals surface area (Å²) in [5.41, 5.74) is -2.05. The summed E-state index contributed by atoms with van der Waals surface area (Å²) in [6.07, 6.45) is 1.30. The van der Waals surface area contributed by atoms with E-state index in [9.17, 15) is 27.9 Å². The molecule has 0 unspecified atom stereocenters. The molecule has 3 fully saturated rings. The number of carbonyl (C=O) groups is 3. The minimum absolute atomic E-state index is 0.532. The van der Waals surface area contributed by atoms with Crippen molar-refractivity contribution in [1.29, 1.82) is 0 Å². The van der Waals surface area contributed by atoms with Crippen molar-refractivity contribution in [3.8, 4) is 0 Å². The lowest BCUT2D eigenvalue weighted by Crippen LogP contribution is -2.61. The van der Waals surface area contributed by atoms with Gasteiger partial charge < -0.3 is 20.8 Å². The molecule has 10 heteroatoms. The summed E-state index contributed by atoms with van der Waals surface area (Å²) in [7, 11) is -3.86. The monoisotopic (exact) mass is 332 g/mol. The van der Waals surface area contributed by atoms with Gasteiger partial charge in [-0.25, -0.2) is 13.2 Å². The number of aliphatic carboxylic acids is 2. The van der Waals surface area contributed by atoms with Crippen LogP contribution in [0, 0.1) is 11.8 Å². The van der Waals surface area contributed by atoms with Crippen molar-refractivity contribution >= 4 is 27.7 Å². The second-order valence-electron chi connectivity index (χ2n) is 6.08. The summed E-state index contributed by atoms with van der Waals surface area (Å²) in [6.45, 7) is 0.625. The first-order valence-electron chi connectivity index (χ1n) is 6.94. The minimum atomic E-state index is -3.86. The van der Waals surface area contributed by atoms with E-state index in [-0.39, 0.29) is 0 Å². The fourth-order valence-corrected chi connectivity index (χ4v) is 6.42. The highest BCUT2D eigenvalue weighted by Gasteiger charge is 2.79. The molecule has 2 aliphatic heterocycles. The Morgan fingerprint density at radius 2 is 1.91 bits per heavy atom. The molecule has 3 aliphatic rings. The van der Waals surface area contributed by atoms with E-state index in [0.29, 0.717) is 13.0 Å². The van der Waals surface area contributed by atoms with Gasteiger partial charge in [-0.1, -0.05) is 0 Å². The molecule has 1 saturated carbocycles. The van der Waals surface area contributed by atoms with Gasteiger partial charge in [0.2, 0.25) is 5.91 Å². The molecule has 2 heterocycles. The van der Waals surface area contributed by atoms with E-state index < -0.39 is 62.1 Å². The van der Waals surface area contributed by atoms with E-state index >= 15 is 0 Å². The van der Waals surface area contributed by atoms with E-state index in [0.717, 1.165) is 6.42 Å². The molecule has 0 aromatic rings. The molecule has 0 radical (unpaired) electrons. The number of carbonyl (C=O) groups excluding carboxylic acids is 1. The number of carboxylic acid groups (broad SMARTS) is 2. The molecule has 3 rings (SSSR count). The smallest absolute Gasteiger partial charge is 0.330 e. The maximum atomic E-state index is 12.2. The third kappa shape index (κ3) is 2.01. The lowest BCUT2D eigenvalue weighted by atomic mass is 9.93. The SMILES string of the molecule is O=C(O)[C@@H]1[C@@H]2[C@H]1S(=O)(=O)C[C@@]2(NC(=O)[C@@H]1CCCN1)C(=O)O. The predicted molar refractivity (Wildman–Crippen MR) is 71.7 cm³/mol. The van der Waals surface area contributed by atoms with Crippen molar-refractivity contribution < 1.29 is 33.0 Å². The second-order valence-corrected chi connectivity index (χ2v) is 8.24. The maximum absolute atomic E-state index is 12.2. The average Bonchev–Trinajstić information content (AvgIpc) is 2.86. The van der Waals surface area contributed by atoms with Crippen LogP contribution in [0.15, 0.2) is 0 Å². The highest BCUT2D eigenvalue weighted by Crippen LogP contribution is 2.57. The summed E-state index contributed by atoms with van der Waals surface area (Å²) < 4.78 is 24.1. The summed E-state index contributed by atoms with van der Waals surface area (Å²) in [5, 5.41) is 22.6. The van der Waals surface area contributed by atoms with Gasteiger partial charge >= 0.3 is 11.9 Å². The van der Waals surface area contributed by atoms with Crippen LogP contribution in [0.1, 0.15) is 12.8 Å². The Hall–Kier alpha value is -1.68. The molecule has 1 aliphatic carbocycles. The number of hydrogen-bond donors (Lipinski definition) is 4. The first kappa shape index (κ1) is 15.2. The van der Waals surface area contributed by atoms with Crippen molar-refractivity contribution in [2.45, 2.75) is 29.7 Å². The quantitative estimate of drug-likeness (QED) is 0.453. The van der Waals surface area contributed by atoms with Crippen LogP contribution in [0.2, 0.25) is 0 Å². The molecule has 9 nitrogen and oxygen atoms in total.